The number of benzene rings is 2. The van der Waals surface area contributed by atoms with E-state index in [1.165, 1.54) is 13.0 Å². The topological polar surface area (TPSA) is 117 Å². The monoisotopic (exact) mass is 422 g/mol. The van der Waals surface area contributed by atoms with Gasteiger partial charge >= 0.3 is 18.0 Å². The smallest absolute Gasteiger partial charge is 0.410 e. The molecule has 0 aliphatic heterocycles. The first-order valence-corrected chi connectivity index (χ1v) is 9.70. The lowest BCUT2D eigenvalue weighted by atomic mass is 10.0. The Morgan fingerprint density at radius 1 is 1.06 bits per heavy atom. The van der Waals surface area contributed by atoms with E-state index in [2.05, 4.69) is 4.98 Å². The molecule has 0 aliphatic carbocycles. The minimum Gasteiger partial charge on any atom is -0.480 e. The maximum atomic E-state index is 12.2. The van der Waals surface area contributed by atoms with Gasteiger partial charge in [-0.2, -0.15) is 0 Å². The number of nitrogens with zero attached hydrogens (tertiary/aromatic N) is 2. The Hall–Kier alpha value is -3.94. The van der Waals surface area contributed by atoms with Gasteiger partial charge in [0.05, 0.1) is 23.4 Å². The van der Waals surface area contributed by atoms with Crippen LogP contribution in [0.1, 0.15) is 29.8 Å². The SMILES string of the molecule is CCOC(=O)N(Cc1ccc2nc(-c3ccccc3C(=O)O)ccc2c1)[C@@H](C)C(=O)O. The summed E-state index contributed by atoms with van der Waals surface area (Å²) in [6.45, 7) is 3.28. The number of pyridine rings is 1. The molecule has 0 bridgehead atoms. The fourth-order valence-electron chi connectivity index (χ4n) is 3.21. The average molecular weight is 422 g/mol. The lowest BCUT2D eigenvalue weighted by Crippen LogP contribution is -2.43. The molecular weight excluding hydrogens is 400 g/mol. The van der Waals surface area contributed by atoms with Crippen molar-refractivity contribution in [2.24, 2.45) is 0 Å². The number of carboxylic acids is 2. The van der Waals surface area contributed by atoms with Crippen molar-refractivity contribution in [3.05, 3.63) is 65.7 Å². The third-order valence-electron chi connectivity index (χ3n) is 4.87. The molecule has 0 unspecified atom stereocenters. The number of fused-ring (bicyclic) bond motifs is 1. The molecule has 0 saturated carbocycles. The number of aliphatic carboxylic acids is 1. The van der Waals surface area contributed by atoms with Crippen molar-refractivity contribution in [2.75, 3.05) is 6.61 Å². The standard InChI is InChI=1S/C23H22N2O6/c1-3-31-23(30)25(14(2)21(26)27)13-15-8-10-19-16(12-15)9-11-20(24-19)17-6-4-5-7-18(17)22(28)29/h4-12,14H,3,13H2,1-2H3,(H,26,27)(H,28,29)/t14-/m0/s1. The van der Waals surface area contributed by atoms with Gasteiger partial charge < -0.3 is 14.9 Å². The second kappa shape index (κ2) is 9.25. The van der Waals surface area contributed by atoms with Crippen molar-refractivity contribution in [1.82, 2.24) is 9.88 Å². The molecule has 1 amide bonds. The van der Waals surface area contributed by atoms with Gasteiger partial charge in [-0.05, 0) is 43.7 Å². The van der Waals surface area contributed by atoms with E-state index in [4.69, 9.17) is 4.74 Å². The Kier molecular flexibility index (Phi) is 6.49. The van der Waals surface area contributed by atoms with Crippen LogP contribution in [-0.2, 0) is 16.1 Å². The van der Waals surface area contributed by atoms with Crippen molar-refractivity contribution in [3.63, 3.8) is 0 Å². The summed E-state index contributed by atoms with van der Waals surface area (Å²) in [4.78, 5) is 40.8. The van der Waals surface area contributed by atoms with Crippen molar-refractivity contribution in [1.29, 1.82) is 0 Å². The third kappa shape index (κ3) is 4.80. The van der Waals surface area contributed by atoms with E-state index in [1.54, 1.807) is 43.3 Å². The molecule has 160 valence electrons. The molecule has 1 heterocycles. The predicted molar refractivity (Wildman–Crippen MR) is 114 cm³/mol. The minimum atomic E-state index is -1.13. The Morgan fingerprint density at radius 2 is 1.81 bits per heavy atom. The summed E-state index contributed by atoms with van der Waals surface area (Å²) in [6.07, 6.45) is -0.698. The number of amides is 1. The summed E-state index contributed by atoms with van der Waals surface area (Å²) in [6, 6.07) is 14.5. The van der Waals surface area contributed by atoms with Gasteiger partial charge in [0.2, 0.25) is 0 Å². The molecule has 8 nitrogen and oxygen atoms in total. The van der Waals surface area contributed by atoms with Crippen molar-refractivity contribution in [2.45, 2.75) is 26.4 Å². The molecule has 3 rings (SSSR count). The molecule has 1 atom stereocenters. The van der Waals surface area contributed by atoms with E-state index < -0.39 is 24.1 Å². The van der Waals surface area contributed by atoms with Crippen LogP contribution in [0.2, 0.25) is 0 Å². The van der Waals surface area contributed by atoms with E-state index in [0.717, 1.165) is 10.3 Å². The number of rotatable bonds is 7. The summed E-state index contributed by atoms with van der Waals surface area (Å²) in [5, 5.41) is 19.5. The molecule has 0 fully saturated rings. The van der Waals surface area contributed by atoms with E-state index in [9.17, 15) is 24.6 Å². The maximum absolute atomic E-state index is 12.2. The molecule has 0 saturated heterocycles. The van der Waals surface area contributed by atoms with Crippen LogP contribution in [-0.4, -0.2) is 50.8 Å². The van der Waals surface area contributed by atoms with Gasteiger partial charge in [0, 0.05) is 17.5 Å². The lowest BCUT2D eigenvalue weighted by Gasteiger charge is -2.25. The van der Waals surface area contributed by atoms with Crippen molar-refractivity contribution in [3.8, 4) is 11.3 Å². The highest BCUT2D eigenvalue weighted by Crippen LogP contribution is 2.25. The Balaban J connectivity index is 1.93. The zero-order valence-corrected chi connectivity index (χ0v) is 17.1. The van der Waals surface area contributed by atoms with Crippen LogP contribution < -0.4 is 0 Å². The fourth-order valence-corrected chi connectivity index (χ4v) is 3.21. The highest BCUT2D eigenvalue weighted by molar-refractivity contribution is 5.96. The van der Waals surface area contributed by atoms with Crippen LogP contribution in [0.3, 0.4) is 0 Å². The minimum absolute atomic E-state index is 0.0613. The van der Waals surface area contributed by atoms with E-state index in [0.29, 0.717) is 22.3 Å². The third-order valence-corrected chi connectivity index (χ3v) is 4.87. The van der Waals surface area contributed by atoms with Crippen LogP contribution >= 0.6 is 0 Å². The molecule has 1 aromatic heterocycles. The first-order chi connectivity index (χ1) is 14.8. The summed E-state index contributed by atoms with van der Waals surface area (Å²) in [7, 11) is 0. The predicted octanol–water partition coefficient (Wildman–Crippen LogP) is 4.03. The zero-order chi connectivity index (χ0) is 22.5. The number of carbonyl (C=O) groups excluding carboxylic acids is 1. The molecule has 0 radical (unpaired) electrons. The lowest BCUT2D eigenvalue weighted by molar-refractivity contribution is -0.142. The summed E-state index contributed by atoms with van der Waals surface area (Å²) >= 11 is 0. The van der Waals surface area contributed by atoms with Gasteiger partial charge in [0.25, 0.3) is 0 Å². The van der Waals surface area contributed by atoms with E-state index in [-0.39, 0.29) is 18.7 Å². The molecule has 8 heteroatoms. The first kappa shape index (κ1) is 21.8. The van der Waals surface area contributed by atoms with E-state index >= 15 is 0 Å². The quantitative estimate of drug-likeness (QED) is 0.590. The second-order valence-corrected chi connectivity index (χ2v) is 6.92. The van der Waals surface area contributed by atoms with Crippen LogP contribution in [0.25, 0.3) is 22.2 Å². The molecule has 0 spiro atoms. The molecule has 3 aromatic rings. The fraction of sp³-hybridized carbons (Fsp3) is 0.217. The number of carboxylic acid groups (broad SMARTS) is 2. The second-order valence-electron chi connectivity index (χ2n) is 6.92. The summed E-state index contributed by atoms with van der Waals surface area (Å²) in [5.41, 5.74) is 2.58. The van der Waals surface area contributed by atoms with Crippen LogP contribution in [0.5, 0.6) is 0 Å². The summed E-state index contributed by atoms with van der Waals surface area (Å²) in [5.74, 6) is -2.16. The summed E-state index contributed by atoms with van der Waals surface area (Å²) < 4.78 is 4.99. The van der Waals surface area contributed by atoms with Gasteiger partial charge in [-0.3, -0.25) is 4.90 Å². The number of hydrogen-bond donors (Lipinski definition) is 2. The molecule has 0 aliphatic rings. The van der Waals surface area contributed by atoms with E-state index in [1.807, 2.05) is 12.1 Å². The van der Waals surface area contributed by atoms with Crippen LogP contribution in [0.4, 0.5) is 4.79 Å². The van der Waals surface area contributed by atoms with Gasteiger partial charge in [0.15, 0.2) is 0 Å². The number of aromatic carboxylic acids is 1. The average Bonchev–Trinajstić information content (AvgIpc) is 2.76. The first-order valence-electron chi connectivity index (χ1n) is 9.70. The zero-order valence-electron chi connectivity index (χ0n) is 17.1. The Morgan fingerprint density at radius 3 is 2.48 bits per heavy atom. The maximum Gasteiger partial charge on any atom is 0.410 e. The molecule has 31 heavy (non-hydrogen) atoms. The van der Waals surface area contributed by atoms with Crippen molar-refractivity contribution < 1.29 is 29.3 Å². The molecule has 2 aromatic carbocycles. The van der Waals surface area contributed by atoms with Crippen LogP contribution in [0, 0.1) is 0 Å². The molecule has 2 N–H and O–H groups in total. The van der Waals surface area contributed by atoms with Gasteiger partial charge in [-0.15, -0.1) is 0 Å². The number of hydrogen-bond acceptors (Lipinski definition) is 5. The largest absolute Gasteiger partial charge is 0.480 e. The normalized spacial score (nSPS) is 11.7. The highest BCUT2D eigenvalue weighted by atomic mass is 16.6. The number of carbonyl (C=O) groups is 3. The van der Waals surface area contributed by atoms with Crippen molar-refractivity contribution >= 4 is 28.9 Å². The van der Waals surface area contributed by atoms with Gasteiger partial charge in [-0.25, -0.2) is 19.4 Å². The highest BCUT2D eigenvalue weighted by Gasteiger charge is 2.26. The van der Waals surface area contributed by atoms with Gasteiger partial charge in [-0.1, -0.05) is 30.3 Å². The number of ether oxygens (including phenoxy) is 1. The van der Waals surface area contributed by atoms with Gasteiger partial charge in [0.1, 0.15) is 6.04 Å². The Labute approximate surface area is 178 Å². The number of aromatic nitrogens is 1. The Bertz CT molecular complexity index is 1140. The van der Waals surface area contributed by atoms with Crippen LogP contribution in [0.15, 0.2) is 54.6 Å². The molecular formula is C23H22N2O6.